The number of piperidine rings is 1. The number of aryl methyl sites for hydroxylation is 1. The number of hydrogen-bond acceptors (Lipinski definition) is 3. The van der Waals surface area contributed by atoms with Crippen LogP contribution in [-0.2, 0) is 30.5 Å². The summed E-state index contributed by atoms with van der Waals surface area (Å²) < 4.78 is 11.9. The number of benzene rings is 2. The Morgan fingerprint density at radius 2 is 1.83 bits per heavy atom. The standard InChI is InChI=1S/C25H29NO3/c27-24(7-6-18-4-2-1-3-5-18)26-12-8-19(9-13-26)16-22-21-11-15-28-23(21)17-20-10-14-29-25(20)22/h1-5,17,19H,6-16H2. The van der Waals surface area contributed by atoms with E-state index in [2.05, 4.69) is 23.1 Å². The van der Waals surface area contributed by atoms with Crippen molar-refractivity contribution in [1.29, 1.82) is 0 Å². The molecule has 0 N–H and O–H groups in total. The fourth-order valence-electron chi connectivity index (χ4n) is 5.03. The van der Waals surface area contributed by atoms with E-state index < -0.39 is 0 Å². The number of carbonyl (C=O) groups is 1. The minimum atomic E-state index is 0.297. The van der Waals surface area contributed by atoms with Crippen molar-refractivity contribution in [3.8, 4) is 11.5 Å². The number of amides is 1. The zero-order chi connectivity index (χ0) is 19.6. The summed E-state index contributed by atoms with van der Waals surface area (Å²) in [6.07, 6.45) is 6.65. The van der Waals surface area contributed by atoms with E-state index in [9.17, 15) is 4.79 Å². The molecule has 4 heteroatoms. The molecule has 3 aliphatic rings. The second kappa shape index (κ2) is 8.10. The van der Waals surface area contributed by atoms with Gasteiger partial charge in [-0.2, -0.15) is 0 Å². The molecule has 2 aromatic carbocycles. The van der Waals surface area contributed by atoms with E-state index in [4.69, 9.17) is 9.47 Å². The van der Waals surface area contributed by atoms with Gasteiger partial charge in [-0.1, -0.05) is 30.3 Å². The molecule has 29 heavy (non-hydrogen) atoms. The van der Waals surface area contributed by atoms with E-state index in [0.717, 1.165) is 76.3 Å². The maximum Gasteiger partial charge on any atom is 0.222 e. The van der Waals surface area contributed by atoms with E-state index in [0.29, 0.717) is 18.2 Å². The fourth-order valence-corrected chi connectivity index (χ4v) is 5.03. The van der Waals surface area contributed by atoms with Crippen LogP contribution in [0.1, 0.15) is 41.5 Å². The number of likely N-dealkylation sites (tertiary alicyclic amines) is 1. The van der Waals surface area contributed by atoms with Gasteiger partial charge in [0.15, 0.2) is 0 Å². The first kappa shape index (κ1) is 18.5. The molecule has 0 unspecified atom stereocenters. The van der Waals surface area contributed by atoms with Crippen LogP contribution in [0.5, 0.6) is 11.5 Å². The van der Waals surface area contributed by atoms with Gasteiger partial charge < -0.3 is 14.4 Å². The summed E-state index contributed by atoms with van der Waals surface area (Å²) in [5.41, 5.74) is 5.31. The Bertz CT molecular complexity index is 852. The van der Waals surface area contributed by atoms with Crippen molar-refractivity contribution < 1.29 is 14.3 Å². The number of nitrogens with zero attached hydrogens (tertiary/aromatic N) is 1. The molecular formula is C25H29NO3. The van der Waals surface area contributed by atoms with E-state index in [1.165, 1.54) is 22.3 Å². The van der Waals surface area contributed by atoms with E-state index in [-0.39, 0.29) is 0 Å². The molecule has 1 amide bonds. The van der Waals surface area contributed by atoms with Crippen LogP contribution >= 0.6 is 0 Å². The molecule has 1 fully saturated rings. The normalized spacial score (nSPS) is 18.1. The van der Waals surface area contributed by atoms with Gasteiger partial charge in [-0.05, 0) is 43.2 Å². The second-order valence-electron chi connectivity index (χ2n) is 8.53. The lowest BCUT2D eigenvalue weighted by atomic mass is 9.86. The Morgan fingerprint density at radius 1 is 1.03 bits per heavy atom. The third kappa shape index (κ3) is 3.85. The maximum atomic E-state index is 12.6. The molecule has 1 saturated heterocycles. The number of carbonyl (C=O) groups excluding carboxylic acids is 1. The summed E-state index contributed by atoms with van der Waals surface area (Å²) in [6.45, 7) is 3.35. The highest BCUT2D eigenvalue weighted by molar-refractivity contribution is 5.76. The van der Waals surface area contributed by atoms with Crippen LogP contribution in [-0.4, -0.2) is 37.1 Å². The topological polar surface area (TPSA) is 38.8 Å². The first-order valence-electron chi connectivity index (χ1n) is 11.0. The Kier molecular flexibility index (Phi) is 5.17. The van der Waals surface area contributed by atoms with Crippen molar-refractivity contribution in [2.75, 3.05) is 26.3 Å². The Balaban J connectivity index is 1.19. The smallest absolute Gasteiger partial charge is 0.222 e. The summed E-state index contributed by atoms with van der Waals surface area (Å²) in [5.74, 6) is 3.13. The van der Waals surface area contributed by atoms with Crippen LogP contribution in [0, 0.1) is 5.92 Å². The zero-order valence-electron chi connectivity index (χ0n) is 17.0. The second-order valence-corrected chi connectivity index (χ2v) is 8.53. The van der Waals surface area contributed by atoms with Crippen LogP contribution in [0.4, 0.5) is 0 Å². The highest BCUT2D eigenvalue weighted by Gasteiger charge is 2.30. The quantitative estimate of drug-likeness (QED) is 0.774. The molecule has 3 heterocycles. The van der Waals surface area contributed by atoms with Crippen LogP contribution in [0.3, 0.4) is 0 Å². The van der Waals surface area contributed by atoms with Crippen LogP contribution in [0.25, 0.3) is 0 Å². The molecule has 0 aliphatic carbocycles. The largest absolute Gasteiger partial charge is 0.493 e. The van der Waals surface area contributed by atoms with Gasteiger partial charge in [0.25, 0.3) is 0 Å². The number of hydrogen-bond donors (Lipinski definition) is 0. The van der Waals surface area contributed by atoms with Crippen molar-refractivity contribution in [2.45, 2.75) is 44.9 Å². The number of rotatable bonds is 5. The minimum absolute atomic E-state index is 0.297. The molecular weight excluding hydrogens is 362 g/mol. The molecule has 0 spiro atoms. The fraction of sp³-hybridized carbons (Fsp3) is 0.480. The monoisotopic (exact) mass is 391 g/mol. The lowest BCUT2D eigenvalue weighted by Gasteiger charge is -2.32. The first-order chi connectivity index (χ1) is 14.3. The summed E-state index contributed by atoms with van der Waals surface area (Å²) in [5, 5.41) is 0. The van der Waals surface area contributed by atoms with E-state index in [1.54, 1.807) is 0 Å². The Labute approximate surface area is 172 Å². The zero-order valence-corrected chi connectivity index (χ0v) is 17.0. The van der Waals surface area contributed by atoms with Gasteiger partial charge in [-0.15, -0.1) is 0 Å². The highest BCUT2D eigenvalue weighted by Crippen LogP contribution is 2.42. The number of fused-ring (bicyclic) bond motifs is 2. The summed E-state index contributed by atoms with van der Waals surface area (Å²) in [6, 6.07) is 12.5. The van der Waals surface area contributed by atoms with Crippen molar-refractivity contribution in [3.05, 3.63) is 58.7 Å². The molecule has 2 aromatic rings. The Hall–Kier alpha value is -2.49. The molecule has 152 valence electrons. The molecule has 0 bridgehead atoms. The predicted molar refractivity (Wildman–Crippen MR) is 113 cm³/mol. The molecule has 3 aliphatic heterocycles. The van der Waals surface area contributed by atoms with Crippen molar-refractivity contribution in [1.82, 2.24) is 4.90 Å². The molecule has 0 radical (unpaired) electrons. The van der Waals surface area contributed by atoms with Crippen LogP contribution < -0.4 is 9.47 Å². The highest BCUT2D eigenvalue weighted by atomic mass is 16.5. The third-order valence-electron chi connectivity index (χ3n) is 6.69. The average Bonchev–Trinajstić information content (AvgIpc) is 3.42. The SMILES string of the molecule is O=C(CCc1ccccc1)N1CCC(Cc2c3c(cc4c2OCC4)OCC3)CC1. The maximum absolute atomic E-state index is 12.6. The van der Waals surface area contributed by atoms with E-state index in [1.807, 2.05) is 18.2 Å². The van der Waals surface area contributed by atoms with Crippen LogP contribution in [0.2, 0.25) is 0 Å². The Morgan fingerprint density at radius 3 is 2.66 bits per heavy atom. The van der Waals surface area contributed by atoms with Gasteiger partial charge in [-0.25, -0.2) is 0 Å². The van der Waals surface area contributed by atoms with Gasteiger partial charge in [0.2, 0.25) is 5.91 Å². The van der Waals surface area contributed by atoms with Gasteiger partial charge in [0, 0.05) is 49.0 Å². The first-order valence-corrected chi connectivity index (χ1v) is 11.0. The van der Waals surface area contributed by atoms with Crippen LogP contribution in [0.15, 0.2) is 36.4 Å². The molecule has 0 atom stereocenters. The summed E-state index contributed by atoms with van der Waals surface area (Å²) >= 11 is 0. The summed E-state index contributed by atoms with van der Waals surface area (Å²) in [4.78, 5) is 14.7. The van der Waals surface area contributed by atoms with Crippen molar-refractivity contribution in [2.24, 2.45) is 5.92 Å². The van der Waals surface area contributed by atoms with Gasteiger partial charge in [0.05, 0.1) is 13.2 Å². The third-order valence-corrected chi connectivity index (χ3v) is 6.69. The molecule has 0 saturated carbocycles. The molecule has 0 aromatic heterocycles. The van der Waals surface area contributed by atoms with Gasteiger partial charge >= 0.3 is 0 Å². The number of ether oxygens (including phenoxy) is 2. The predicted octanol–water partition coefficient (Wildman–Crippen LogP) is 3.97. The molecule has 5 rings (SSSR count). The average molecular weight is 392 g/mol. The van der Waals surface area contributed by atoms with E-state index >= 15 is 0 Å². The van der Waals surface area contributed by atoms with Gasteiger partial charge in [0.1, 0.15) is 11.5 Å². The van der Waals surface area contributed by atoms with Crippen molar-refractivity contribution in [3.63, 3.8) is 0 Å². The molecule has 4 nitrogen and oxygen atoms in total. The van der Waals surface area contributed by atoms with Gasteiger partial charge in [-0.3, -0.25) is 4.79 Å². The minimum Gasteiger partial charge on any atom is -0.493 e. The summed E-state index contributed by atoms with van der Waals surface area (Å²) in [7, 11) is 0. The lowest BCUT2D eigenvalue weighted by molar-refractivity contribution is -0.132. The lowest BCUT2D eigenvalue weighted by Crippen LogP contribution is -2.39. The van der Waals surface area contributed by atoms with Crippen molar-refractivity contribution >= 4 is 5.91 Å².